The highest BCUT2D eigenvalue weighted by atomic mass is 19.4. The van der Waals surface area contributed by atoms with Crippen LogP contribution >= 0.6 is 0 Å². The monoisotopic (exact) mass is 281 g/mol. The quantitative estimate of drug-likeness (QED) is 0.726. The van der Waals surface area contributed by atoms with Crippen LogP contribution in [0, 0.1) is 0 Å². The minimum absolute atomic E-state index is 0.110. The van der Waals surface area contributed by atoms with Gasteiger partial charge >= 0.3 is 12.3 Å². The van der Waals surface area contributed by atoms with Crippen LogP contribution in [0.5, 0.6) is 6.08 Å². The lowest BCUT2D eigenvalue weighted by Crippen LogP contribution is -2.19. The normalized spacial score (nSPS) is 11.5. The molecule has 0 saturated carbocycles. The number of aromatic nitrogens is 2. The highest BCUT2D eigenvalue weighted by molar-refractivity contribution is 4.92. The molecule has 2 N–H and O–H groups in total. The minimum atomic E-state index is -4.34. The molecule has 108 valence electrons. The van der Waals surface area contributed by atoms with Gasteiger partial charge in [0.15, 0.2) is 0 Å². The van der Waals surface area contributed by atoms with E-state index in [1.807, 2.05) is 0 Å². The maximum atomic E-state index is 11.7. The van der Waals surface area contributed by atoms with Gasteiger partial charge in [-0.25, -0.2) is 0 Å². The average molecular weight is 281 g/mol. The summed E-state index contributed by atoms with van der Waals surface area (Å²) in [6.45, 7) is 1.86. The van der Waals surface area contributed by atoms with Gasteiger partial charge in [-0.3, -0.25) is 0 Å². The summed E-state index contributed by atoms with van der Waals surface area (Å²) in [5.74, 6) is 0.317. The number of halogens is 3. The summed E-state index contributed by atoms with van der Waals surface area (Å²) in [6.07, 6.45) is -3.54. The third kappa shape index (κ3) is 7.29. The Bertz CT molecular complexity index is 406. The predicted octanol–water partition coefficient (Wildman–Crippen LogP) is 1.43. The van der Waals surface area contributed by atoms with Gasteiger partial charge in [0.1, 0.15) is 13.2 Å². The molecule has 0 aromatic carbocycles. The molecule has 1 heterocycles. The van der Waals surface area contributed by atoms with E-state index in [1.54, 1.807) is 0 Å². The molecule has 6 nitrogen and oxygen atoms in total. The molecule has 0 unspecified atom stereocenters. The molecule has 0 aliphatic heterocycles. The van der Waals surface area contributed by atoms with Crippen LogP contribution in [-0.4, -0.2) is 36.2 Å². The zero-order valence-electron chi connectivity index (χ0n) is 10.1. The Labute approximate surface area is 107 Å². The molecule has 0 atom stereocenters. The Morgan fingerprint density at radius 3 is 2.68 bits per heavy atom. The summed E-state index contributed by atoms with van der Waals surface area (Å²) >= 11 is 0. The fraction of sp³-hybridized carbons (Fsp3) is 0.600. The van der Waals surface area contributed by atoms with Crippen molar-refractivity contribution in [3.05, 3.63) is 18.2 Å². The highest BCUT2D eigenvalue weighted by Gasteiger charge is 2.27. The van der Waals surface area contributed by atoms with E-state index < -0.39 is 12.8 Å². The van der Waals surface area contributed by atoms with E-state index in [0.717, 1.165) is 0 Å². The summed E-state index contributed by atoms with van der Waals surface area (Å²) in [6, 6.07) is 0. The number of hydrogen-bond donors (Lipinski definition) is 1. The number of aryl methyl sites for hydroxylation is 1. The van der Waals surface area contributed by atoms with E-state index in [0.29, 0.717) is 24.4 Å². The number of rotatable bonds is 8. The Kier molecular flexibility index (Phi) is 5.61. The predicted molar refractivity (Wildman–Crippen MR) is 58.3 cm³/mol. The van der Waals surface area contributed by atoms with Crippen LogP contribution in [0.4, 0.5) is 13.2 Å². The lowest BCUT2D eigenvalue weighted by atomic mass is 10.3. The molecule has 0 spiro atoms. The zero-order valence-corrected chi connectivity index (χ0v) is 10.1. The Balaban J connectivity index is 2.18. The highest BCUT2D eigenvalue weighted by Crippen LogP contribution is 2.14. The second kappa shape index (κ2) is 6.98. The van der Waals surface area contributed by atoms with Crippen molar-refractivity contribution in [2.24, 2.45) is 5.73 Å². The summed E-state index contributed by atoms with van der Waals surface area (Å²) in [5, 5.41) is 7.22. The van der Waals surface area contributed by atoms with Crippen LogP contribution in [0.2, 0.25) is 0 Å². The first-order chi connectivity index (χ1) is 8.87. The molecule has 19 heavy (non-hydrogen) atoms. The Hall–Kier alpha value is -1.77. The van der Waals surface area contributed by atoms with Gasteiger partial charge < -0.3 is 19.6 Å². The molecule has 1 rings (SSSR count). The standard InChI is InChI=1S/C10H14F3N3O3/c1-7(14)2-3-8-15-16-9(19-8)18-5-4-17-6-10(11,12)13/h1-6,14H2. The molecular weight excluding hydrogens is 267 g/mol. The third-order valence-electron chi connectivity index (χ3n) is 1.83. The van der Waals surface area contributed by atoms with Gasteiger partial charge in [0, 0.05) is 12.1 Å². The van der Waals surface area contributed by atoms with E-state index in [9.17, 15) is 13.2 Å². The molecule has 9 heteroatoms. The van der Waals surface area contributed by atoms with Crippen molar-refractivity contribution in [3.63, 3.8) is 0 Å². The zero-order chi connectivity index (χ0) is 14.3. The summed E-state index contributed by atoms with van der Waals surface area (Å²) in [5.41, 5.74) is 5.86. The Morgan fingerprint density at radius 1 is 1.32 bits per heavy atom. The van der Waals surface area contributed by atoms with E-state index in [-0.39, 0.29) is 19.3 Å². The maximum Gasteiger partial charge on any atom is 0.414 e. The molecule has 1 aromatic rings. The number of nitrogens with zero attached hydrogens (tertiary/aromatic N) is 2. The summed E-state index contributed by atoms with van der Waals surface area (Å²) < 4.78 is 49.5. The topological polar surface area (TPSA) is 83.4 Å². The van der Waals surface area contributed by atoms with Crippen molar-refractivity contribution < 1.29 is 27.1 Å². The lowest BCUT2D eigenvalue weighted by molar-refractivity contribution is -0.175. The summed E-state index contributed by atoms with van der Waals surface area (Å²) in [4.78, 5) is 0. The number of alkyl halides is 3. The van der Waals surface area contributed by atoms with Gasteiger partial charge in [-0.2, -0.15) is 13.2 Å². The number of nitrogens with two attached hydrogens (primary N) is 1. The third-order valence-corrected chi connectivity index (χ3v) is 1.83. The van der Waals surface area contributed by atoms with Gasteiger partial charge in [0.25, 0.3) is 0 Å². The largest absolute Gasteiger partial charge is 0.447 e. The fourth-order valence-electron chi connectivity index (χ4n) is 1.04. The molecule has 1 aromatic heterocycles. The van der Waals surface area contributed by atoms with Crippen LogP contribution in [0.1, 0.15) is 12.3 Å². The fourth-order valence-corrected chi connectivity index (χ4v) is 1.04. The smallest absolute Gasteiger partial charge is 0.414 e. The van der Waals surface area contributed by atoms with Crippen LogP contribution in [0.15, 0.2) is 16.7 Å². The van der Waals surface area contributed by atoms with Gasteiger partial charge in [0.2, 0.25) is 5.89 Å². The molecule has 0 saturated heterocycles. The second-order valence-corrected chi connectivity index (χ2v) is 3.64. The first-order valence-electron chi connectivity index (χ1n) is 5.40. The lowest BCUT2D eigenvalue weighted by Gasteiger charge is -2.06. The van der Waals surface area contributed by atoms with Crippen molar-refractivity contribution in [2.75, 3.05) is 19.8 Å². The summed E-state index contributed by atoms with van der Waals surface area (Å²) in [7, 11) is 0. The number of ether oxygens (including phenoxy) is 2. The van der Waals surface area contributed by atoms with Gasteiger partial charge in [-0.1, -0.05) is 11.7 Å². The number of allylic oxidation sites excluding steroid dienone is 1. The minimum Gasteiger partial charge on any atom is -0.447 e. The first kappa shape index (κ1) is 15.3. The van der Waals surface area contributed by atoms with Crippen LogP contribution < -0.4 is 10.5 Å². The SMILES string of the molecule is C=C(N)CCc1nnc(OCCOCC(F)(F)F)o1. The maximum absolute atomic E-state index is 11.7. The molecule has 0 aliphatic rings. The van der Waals surface area contributed by atoms with E-state index >= 15 is 0 Å². The van der Waals surface area contributed by atoms with Gasteiger partial charge in [-0.05, 0) is 6.42 Å². The van der Waals surface area contributed by atoms with Crippen LogP contribution in [-0.2, 0) is 11.2 Å². The van der Waals surface area contributed by atoms with Crippen LogP contribution in [0.3, 0.4) is 0 Å². The van der Waals surface area contributed by atoms with Crippen molar-refractivity contribution in [1.82, 2.24) is 10.2 Å². The van der Waals surface area contributed by atoms with E-state index in [1.165, 1.54) is 0 Å². The van der Waals surface area contributed by atoms with Crippen LogP contribution in [0.25, 0.3) is 0 Å². The van der Waals surface area contributed by atoms with Gasteiger partial charge in [-0.15, -0.1) is 5.10 Å². The second-order valence-electron chi connectivity index (χ2n) is 3.64. The van der Waals surface area contributed by atoms with Crippen molar-refractivity contribution in [2.45, 2.75) is 19.0 Å². The van der Waals surface area contributed by atoms with E-state index in [4.69, 9.17) is 14.9 Å². The Morgan fingerprint density at radius 2 is 2.05 bits per heavy atom. The van der Waals surface area contributed by atoms with Crippen molar-refractivity contribution in [3.8, 4) is 6.08 Å². The van der Waals surface area contributed by atoms with E-state index in [2.05, 4.69) is 21.5 Å². The molecule has 0 amide bonds. The first-order valence-corrected chi connectivity index (χ1v) is 5.40. The van der Waals surface area contributed by atoms with Crippen molar-refractivity contribution >= 4 is 0 Å². The molecule has 0 bridgehead atoms. The number of hydrogen-bond acceptors (Lipinski definition) is 6. The molecule has 0 aliphatic carbocycles. The molecular formula is C10H14F3N3O3. The molecule has 0 fully saturated rings. The van der Waals surface area contributed by atoms with Crippen molar-refractivity contribution in [1.29, 1.82) is 0 Å². The van der Waals surface area contributed by atoms with Gasteiger partial charge in [0.05, 0.1) is 6.61 Å². The average Bonchev–Trinajstić information content (AvgIpc) is 2.72. The molecule has 0 radical (unpaired) electrons.